The van der Waals surface area contributed by atoms with Crippen molar-refractivity contribution in [2.45, 2.75) is 130 Å². The molecule has 1 aliphatic heterocycles. The van der Waals surface area contributed by atoms with E-state index in [0.29, 0.717) is 32.1 Å². The minimum atomic E-state index is -3.51. The summed E-state index contributed by atoms with van der Waals surface area (Å²) < 4.78 is 25.6. The van der Waals surface area contributed by atoms with Gasteiger partial charge < -0.3 is 26.2 Å². The predicted molar refractivity (Wildman–Crippen MR) is 200 cm³/mol. The molecule has 51 heavy (non-hydrogen) atoms. The average Bonchev–Trinajstić information content (AvgIpc) is 3.48. The van der Waals surface area contributed by atoms with Gasteiger partial charge in [0, 0.05) is 32.7 Å². The van der Waals surface area contributed by atoms with E-state index in [-0.39, 0.29) is 37.9 Å². The van der Waals surface area contributed by atoms with Crippen LogP contribution >= 0.6 is 0 Å². The minimum absolute atomic E-state index is 0.0370. The first-order valence-corrected chi connectivity index (χ1v) is 20.1. The fraction of sp³-hybridized carbons (Fsp3) is 0.757. The number of urea groups is 1. The summed E-state index contributed by atoms with van der Waals surface area (Å²) in [4.78, 5) is 69.8. The maximum Gasteiger partial charge on any atom is 0.315 e. The van der Waals surface area contributed by atoms with Crippen LogP contribution in [0.5, 0.6) is 0 Å². The summed E-state index contributed by atoms with van der Waals surface area (Å²) in [6, 6.07) is -4.12. The quantitative estimate of drug-likeness (QED) is 0.130. The molecule has 1 saturated heterocycles. The van der Waals surface area contributed by atoms with Crippen molar-refractivity contribution in [1.82, 2.24) is 30.5 Å². The molecule has 290 valence electrons. The third kappa shape index (κ3) is 13.0. The standard InChI is InChI=1S/C37H64N6O7S/c1-11-16-27(30(44)33(46)38-21-12-2)39-32(45)28-22-26(18-17-25(3)4)23-43(28)34(47)31(37(8)19-14-13-15-20-37)41-35(48)40-29(36(5,6)7)24-42(9)51(10,49)50/h12,17,26-29,31H,2,11,13-16,18-24H2,1,3-10H3,(H,38,46)(H,39,45)(H2,40,41,48)/t26?,27?,28-,29+,31+/m0/s1. The third-order valence-corrected chi connectivity index (χ3v) is 11.5. The Labute approximate surface area is 306 Å². The van der Waals surface area contributed by atoms with Gasteiger partial charge in [0.15, 0.2) is 0 Å². The molecule has 0 aromatic rings. The molecule has 2 aliphatic rings. The van der Waals surface area contributed by atoms with Crippen LogP contribution < -0.4 is 21.3 Å². The van der Waals surface area contributed by atoms with Gasteiger partial charge in [0.2, 0.25) is 27.6 Å². The molecule has 0 aromatic carbocycles. The van der Waals surface area contributed by atoms with E-state index >= 15 is 0 Å². The van der Waals surface area contributed by atoms with E-state index in [0.717, 1.165) is 31.1 Å². The number of sulfonamides is 1. The van der Waals surface area contributed by atoms with E-state index < -0.39 is 68.6 Å². The largest absolute Gasteiger partial charge is 0.346 e. The molecular weight excluding hydrogens is 673 g/mol. The molecular formula is C37H64N6O7S. The number of nitrogens with zero attached hydrogens (tertiary/aromatic N) is 2. The lowest BCUT2D eigenvalue weighted by Gasteiger charge is -2.43. The zero-order valence-corrected chi connectivity index (χ0v) is 33.2. The molecule has 13 nitrogen and oxygen atoms in total. The molecule has 1 heterocycles. The van der Waals surface area contributed by atoms with Crippen LogP contribution in [0.15, 0.2) is 24.3 Å². The van der Waals surface area contributed by atoms with Crippen LogP contribution in [-0.4, -0.2) is 104 Å². The molecule has 0 spiro atoms. The number of ketones is 1. The van der Waals surface area contributed by atoms with Crippen LogP contribution in [0.25, 0.3) is 0 Å². The van der Waals surface area contributed by atoms with E-state index in [1.165, 1.54) is 17.4 Å². The van der Waals surface area contributed by atoms with Gasteiger partial charge in [-0.15, -0.1) is 6.58 Å². The average molecular weight is 737 g/mol. The fourth-order valence-corrected chi connectivity index (χ4v) is 7.25. The van der Waals surface area contributed by atoms with Crippen molar-refractivity contribution in [3.63, 3.8) is 0 Å². The maximum atomic E-state index is 14.8. The molecule has 2 unspecified atom stereocenters. The smallest absolute Gasteiger partial charge is 0.315 e. The molecule has 14 heteroatoms. The zero-order chi connectivity index (χ0) is 38.7. The number of allylic oxidation sites excluding steroid dienone is 2. The summed E-state index contributed by atoms with van der Waals surface area (Å²) in [5, 5.41) is 11.2. The lowest BCUT2D eigenvalue weighted by atomic mass is 9.70. The van der Waals surface area contributed by atoms with Crippen LogP contribution in [-0.2, 0) is 29.2 Å². The highest BCUT2D eigenvalue weighted by atomic mass is 32.2. The summed E-state index contributed by atoms with van der Waals surface area (Å²) in [7, 11) is -2.06. The lowest BCUT2D eigenvalue weighted by molar-refractivity contribution is -0.144. The second-order valence-electron chi connectivity index (χ2n) is 16.1. The molecule has 4 N–H and O–H groups in total. The number of carbonyl (C=O) groups is 5. The van der Waals surface area contributed by atoms with Gasteiger partial charge in [-0.3, -0.25) is 19.2 Å². The van der Waals surface area contributed by atoms with Crippen LogP contribution in [0.3, 0.4) is 0 Å². The highest BCUT2D eigenvalue weighted by Gasteiger charge is 2.48. The summed E-state index contributed by atoms with van der Waals surface area (Å²) >= 11 is 0. The number of carbonyl (C=O) groups excluding carboxylic acids is 5. The normalized spacial score (nSPS) is 20.8. The number of Topliss-reactive ketones (excluding diaryl/α,β-unsaturated/α-hetero) is 1. The lowest BCUT2D eigenvalue weighted by Crippen LogP contribution is -2.63. The van der Waals surface area contributed by atoms with E-state index in [1.807, 2.05) is 48.5 Å². The number of hydrogen-bond donors (Lipinski definition) is 4. The van der Waals surface area contributed by atoms with Gasteiger partial charge in [-0.05, 0) is 62.7 Å². The van der Waals surface area contributed by atoms with Crippen molar-refractivity contribution in [1.29, 1.82) is 0 Å². The van der Waals surface area contributed by atoms with Crippen LogP contribution in [0.4, 0.5) is 4.79 Å². The SMILES string of the molecule is C=CCNC(=O)C(=O)C(CCC)NC(=O)[C@@H]1CC(CC=C(C)C)CN1C(=O)[C@@H](NC(=O)N[C@H](CN(C)S(C)(=O)=O)C(C)(C)C)C1(C)CCCCC1. The minimum Gasteiger partial charge on any atom is -0.346 e. The molecule has 0 bridgehead atoms. The topological polar surface area (TPSA) is 174 Å². The van der Waals surface area contributed by atoms with Gasteiger partial charge in [0.1, 0.15) is 12.1 Å². The molecule has 5 atom stereocenters. The first-order chi connectivity index (χ1) is 23.6. The molecule has 1 aliphatic carbocycles. The van der Waals surface area contributed by atoms with Crippen molar-refractivity contribution in [2.75, 3.05) is 32.9 Å². The van der Waals surface area contributed by atoms with Gasteiger partial charge in [0.05, 0.1) is 12.3 Å². The van der Waals surface area contributed by atoms with Gasteiger partial charge in [-0.2, -0.15) is 0 Å². The number of amides is 5. The van der Waals surface area contributed by atoms with E-state index in [9.17, 15) is 32.4 Å². The Bertz CT molecular complexity index is 1400. The van der Waals surface area contributed by atoms with Gasteiger partial charge in [0.25, 0.3) is 5.91 Å². The Hall–Kier alpha value is -3.26. The number of hydrogen-bond acceptors (Lipinski definition) is 7. The molecule has 2 rings (SSSR count). The van der Waals surface area contributed by atoms with Gasteiger partial charge >= 0.3 is 6.03 Å². The predicted octanol–water partition coefficient (Wildman–Crippen LogP) is 3.66. The monoisotopic (exact) mass is 736 g/mol. The van der Waals surface area contributed by atoms with Crippen molar-refractivity contribution in [2.24, 2.45) is 16.7 Å². The van der Waals surface area contributed by atoms with Gasteiger partial charge in [-0.1, -0.05) is 78.0 Å². The molecule has 0 radical (unpaired) electrons. The zero-order valence-electron chi connectivity index (χ0n) is 32.4. The molecule has 2 fully saturated rings. The number of nitrogens with one attached hydrogen (secondary N) is 4. The Morgan fingerprint density at radius 2 is 1.67 bits per heavy atom. The summed E-state index contributed by atoms with van der Waals surface area (Å²) in [6.07, 6.45) is 10.6. The summed E-state index contributed by atoms with van der Waals surface area (Å²) in [5.74, 6) is -2.51. The number of likely N-dealkylation sites (N-methyl/N-ethyl adjacent to an activating group) is 1. The first-order valence-electron chi connectivity index (χ1n) is 18.3. The Morgan fingerprint density at radius 3 is 2.20 bits per heavy atom. The second-order valence-corrected chi connectivity index (χ2v) is 18.2. The fourth-order valence-electron chi connectivity index (χ4n) is 6.83. The Balaban J connectivity index is 2.47. The van der Waals surface area contributed by atoms with Crippen molar-refractivity contribution >= 4 is 39.6 Å². The van der Waals surface area contributed by atoms with Crippen molar-refractivity contribution in [3.05, 3.63) is 24.3 Å². The third-order valence-electron chi connectivity index (χ3n) is 10.2. The van der Waals surface area contributed by atoms with Crippen molar-refractivity contribution < 1.29 is 32.4 Å². The highest BCUT2D eigenvalue weighted by molar-refractivity contribution is 7.88. The molecule has 1 saturated carbocycles. The van der Waals surface area contributed by atoms with Crippen LogP contribution in [0.2, 0.25) is 0 Å². The first kappa shape index (κ1) is 43.9. The van der Waals surface area contributed by atoms with Crippen LogP contribution in [0.1, 0.15) is 106 Å². The van der Waals surface area contributed by atoms with E-state index in [4.69, 9.17) is 0 Å². The van der Waals surface area contributed by atoms with Crippen LogP contribution in [0, 0.1) is 16.7 Å². The summed E-state index contributed by atoms with van der Waals surface area (Å²) in [5.41, 5.74) is -0.00692. The highest BCUT2D eigenvalue weighted by Crippen LogP contribution is 2.41. The van der Waals surface area contributed by atoms with E-state index in [2.05, 4.69) is 33.9 Å². The van der Waals surface area contributed by atoms with Crippen molar-refractivity contribution in [3.8, 4) is 0 Å². The molecule has 0 aromatic heterocycles. The van der Waals surface area contributed by atoms with Gasteiger partial charge in [-0.25, -0.2) is 17.5 Å². The second kappa shape index (κ2) is 19.0. The number of rotatable bonds is 17. The molecule has 5 amide bonds. The van der Waals surface area contributed by atoms with E-state index in [1.54, 1.807) is 4.90 Å². The maximum absolute atomic E-state index is 14.8. The Morgan fingerprint density at radius 1 is 1.04 bits per heavy atom. The summed E-state index contributed by atoms with van der Waals surface area (Å²) in [6.45, 7) is 17.5. The number of likely N-dealkylation sites (tertiary alicyclic amines) is 1. The Kier molecular flexibility index (Phi) is 16.4.